The highest BCUT2D eigenvalue weighted by molar-refractivity contribution is 5.87. The maximum absolute atomic E-state index is 3.68. The second kappa shape index (κ2) is 4.49. The van der Waals surface area contributed by atoms with Crippen LogP contribution in [0.15, 0.2) is 54.7 Å². The average molecular weight is 287 g/mol. The molecule has 1 atom stereocenters. The standard InChI is InChI=1S/C19H17N3/c1-3-7-16-13(6-1)15(11-21-16)18-19-14(9-10-20-18)12-5-2-4-8-17(12)22-19/h1-8,11,18,20-22H,9-10H2. The molecule has 2 aromatic carbocycles. The molecule has 108 valence electrons. The average Bonchev–Trinajstić information content (AvgIpc) is 3.16. The Morgan fingerprint density at radius 2 is 1.64 bits per heavy atom. The first kappa shape index (κ1) is 12.1. The molecule has 3 heterocycles. The van der Waals surface area contributed by atoms with Crippen molar-refractivity contribution >= 4 is 21.8 Å². The van der Waals surface area contributed by atoms with Gasteiger partial charge in [-0.1, -0.05) is 36.4 Å². The molecular weight excluding hydrogens is 270 g/mol. The van der Waals surface area contributed by atoms with Gasteiger partial charge in [-0.25, -0.2) is 0 Å². The number of benzene rings is 2. The molecular formula is C19H17N3. The fourth-order valence-corrected chi connectivity index (χ4v) is 3.78. The van der Waals surface area contributed by atoms with Crippen molar-refractivity contribution in [1.29, 1.82) is 0 Å². The summed E-state index contributed by atoms with van der Waals surface area (Å²) in [4.78, 5) is 7.04. The molecule has 2 aromatic heterocycles. The van der Waals surface area contributed by atoms with E-state index in [9.17, 15) is 0 Å². The molecule has 22 heavy (non-hydrogen) atoms. The minimum atomic E-state index is 0.229. The van der Waals surface area contributed by atoms with Crippen molar-refractivity contribution in [2.45, 2.75) is 12.5 Å². The van der Waals surface area contributed by atoms with Gasteiger partial charge in [0.05, 0.1) is 6.04 Å². The first-order chi connectivity index (χ1) is 10.9. The molecule has 0 fully saturated rings. The van der Waals surface area contributed by atoms with Crippen molar-refractivity contribution in [1.82, 2.24) is 15.3 Å². The zero-order chi connectivity index (χ0) is 14.5. The summed E-state index contributed by atoms with van der Waals surface area (Å²) in [6, 6.07) is 17.3. The summed E-state index contributed by atoms with van der Waals surface area (Å²) in [6.07, 6.45) is 3.22. The summed E-state index contributed by atoms with van der Waals surface area (Å²) in [6.45, 7) is 1.01. The van der Waals surface area contributed by atoms with Crippen molar-refractivity contribution in [3.63, 3.8) is 0 Å². The Bertz CT molecular complexity index is 977. The predicted molar refractivity (Wildman–Crippen MR) is 90.1 cm³/mol. The third-order valence-corrected chi connectivity index (χ3v) is 4.79. The summed E-state index contributed by atoms with van der Waals surface area (Å²) in [5.41, 5.74) is 6.54. The van der Waals surface area contributed by atoms with Gasteiger partial charge in [-0.3, -0.25) is 0 Å². The number of nitrogens with one attached hydrogen (secondary N) is 3. The zero-order valence-electron chi connectivity index (χ0n) is 12.2. The maximum Gasteiger partial charge on any atom is 0.0753 e. The molecule has 3 N–H and O–H groups in total. The summed E-state index contributed by atoms with van der Waals surface area (Å²) in [5.74, 6) is 0. The number of fused-ring (bicyclic) bond motifs is 4. The van der Waals surface area contributed by atoms with E-state index < -0.39 is 0 Å². The summed E-state index contributed by atoms with van der Waals surface area (Å²) in [7, 11) is 0. The van der Waals surface area contributed by atoms with Crippen LogP contribution in [0.5, 0.6) is 0 Å². The van der Waals surface area contributed by atoms with E-state index >= 15 is 0 Å². The van der Waals surface area contributed by atoms with Crippen molar-refractivity contribution in [2.75, 3.05) is 6.54 Å². The normalized spacial score (nSPS) is 17.9. The predicted octanol–water partition coefficient (Wildman–Crippen LogP) is 3.88. The van der Waals surface area contributed by atoms with E-state index in [0.29, 0.717) is 0 Å². The van der Waals surface area contributed by atoms with Crippen LogP contribution in [0, 0.1) is 0 Å². The Morgan fingerprint density at radius 1 is 0.864 bits per heavy atom. The smallest absolute Gasteiger partial charge is 0.0753 e. The molecule has 4 aromatic rings. The molecule has 0 radical (unpaired) electrons. The molecule has 3 heteroatoms. The molecule has 0 spiro atoms. The third-order valence-electron chi connectivity index (χ3n) is 4.79. The van der Waals surface area contributed by atoms with Gasteiger partial charge in [0.15, 0.2) is 0 Å². The highest BCUT2D eigenvalue weighted by Crippen LogP contribution is 2.35. The number of para-hydroxylation sites is 2. The monoisotopic (exact) mass is 287 g/mol. The van der Waals surface area contributed by atoms with Gasteiger partial charge < -0.3 is 15.3 Å². The van der Waals surface area contributed by atoms with Crippen LogP contribution in [-0.4, -0.2) is 16.5 Å². The van der Waals surface area contributed by atoms with E-state index in [-0.39, 0.29) is 6.04 Å². The van der Waals surface area contributed by atoms with Crippen LogP contribution >= 0.6 is 0 Å². The Kier molecular flexibility index (Phi) is 2.46. The molecule has 0 bridgehead atoms. The molecule has 1 aliphatic heterocycles. The Balaban J connectivity index is 1.75. The lowest BCUT2D eigenvalue weighted by molar-refractivity contribution is 0.563. The summed E-state index contributed by atoms with van der Waals surface area (Å²) >= 11 is 0. The topological polar surface area (TPSA) is 43.6 Å². The van der Waals surface area contributed by atoms with Gasteiger partial charge >= 0.3 is 0 Å². The molecule has 1 aliphatic rings. The van der Waals surface area contributed by atoms with Crippen LogP contribution < -0.4 is 5.32 Å². The largest absolute Gasteiger partial charge is 0.361 e. The SMILES string of the molecule is c1ccc2c(C3NCCc4c3[nH]c3ccccc43)c[nH]c2c1. The minimum Gasteiger partial charge on any atom is -0.361 e. The third kappa shape index (κ3) is 1.60. The molecule has 0 saturated heterocycles. The fraction of sp³-hybridized carbons (Fsp3) is 0.158. The molecule has 5 rings (SSSR count). The van der Waals surface area contributed by atoms with Crippen molar-refractivity contribution in [3.8, 4) is 0 Å². The Labute approximate surface area is 128 Å². The molecule has 3 nitrogen and oxygen atoms in total. The number of hydrogen-bond acceptors (Lipinski definition) is 1. The van der Waals surface area contributed by atoms with Gasteiger partial charge in [-0.2, -0.15) is 0 Å². The number of aromatic amines is 2. The molecule has 1 unspecified atom stereocenters. The van der Waals surface area contributed by atoms with Gasteiger partial charge in [-0.05, 0) is 24.1 Å². The minimum absolute atomic E-state index is 0.229. The van der Waals surface area contributed by atoms with Crippen LogP contribution in [-0.2, 0) is 6.42 Å². The highest BCUT2D eigenvalue weighted by Gasteiger charge is 2.26. The van der Waals surface area contributed by atoms with E-state index in [1.165, 1.54) is 38.6 Å². The van der Waals surface area contributed by atoms with Crippen molar-refractivity contribution in [3.05, 3.63) is 71.5 Å². The van der Waals surface area contributed by atoms with Crippen LogP contribution in [0.1, 0.15) is 22.9 Å². The highest BCUT2D eigenvalue weighted by atomic mass is 15.0. The summed E-state index contributed by atoms with van der Waals surface area (Å²) in [5, 5.41) is 6.34. The summed E-state index contributed by atoms with van der Waals surface area (Å²) < 4.78 is 0. The lowest BCUT2D eigenvalue weighted by Gasteiger charge is -2.24. The van der Waals surface area contributed by atoms with E-state index in [0.717, 1.165) is 13.0 Å². The van der Waals surface area contributed by atoms with Gasteiger partial charge in [0.2, 0.25) is 0 Å². The second-order valence-electron chi connectivity index (χ2n) is 5.99. The van der Waals surface area contributed by atoms with Gasteiger partial charge in [0.1, 0.15) is 0 Å². The maximum atomic E-state index is 3.68. The quantitative estimate of drug-likeness (QED) is 0.488. The van der Waals surface area contributed by atoms with E-state index in [2.05, 4.69) is 70.0 Å². The fourth-order valence-electron chi connectivity index (χ4n) is 3.78. The van der Waals surface area contributed by atoms with Crippen LogP contribution in [0.4, 0.5) is 0 Å². The first-order valence-corrected chi connectivity index (χ1v) is 7.81. The second-order valence-corrected chi connectivity index (χ2v) is 5.99. The lowest BCUT2D eigenvalue weighted by Crippen LogP contribution is -2.30. The lowest BCUT2D eigenvalue weighted by atomic mass is 9.94. The van der Waals surface area contributed by atoms with Crippen molar-refractivity contribution < 1.29 is 0 Å². The van der Waals surface area contributed by atoms with Gasteiger partial charge in [0, 0.05) is 45.8 Å². The number of aromatic nitrogens is 2. The van der Waals surface area contributed by atoms with Crippen LogP contribution in [0.25, 0.3) is 21.8 Å². The van der Waals surface area contributed by atoms with Gasteiger partial charge in [0.25, 0.3) is 0 Å². The van der Waals surface area contributed by atoms with Crippen LogP contribution in [0.2, 0.25) is 0 Å². The zero-order valence-corrected chi connectivity index (χ0v) is 12.2. The van der Waals surface area contributed by atoms with E-state index in [1.807, 2.05) is 0 Å². The number of H-pyrrole nitrogens is 2. The Hall–Kier alpha value is -2.52. The first-order valence-electron chi connectivity index (χ1n) is 7.81. The Morgan fingerprint density at radius 3 is 2.55 bits per heavy atom. The van der Waals surface area contributed by atoms with Crippen LogP contribution in [0.3, 0.4) is 0 Å². The molecule has 0 aliphatic carbocycles. The number of rotatable bonds is 1. The van der Waals surface area contributed by atoms with E-state index in [4.69, 9.17) is 0 Å². The molecule has 0 amide bonds. The number of hydrogen-bond donors (Lipinski definition) is 3. The van der Waals surface area contributed by atoms with Gasteiger partial charge in [-0.15, -0.1) is 0 Å². The van der Waals surface area contributed by atoms with Crippen molar-refractivity contribution in [2.24, 2.45) is 0 Å². The molecule has 0 saturated carbocycles. The van der Waals surface area contributed by atoms with E-state index in [1.54, 1.807) is 0 Å².